The van der Waals surface area contributed by atoms with E-state index in [0.29, 0.717) is 0 Å². The van der Waals surface area contributed by atoms with Gasteiger partial charge in [0.15, 0.2) is 0 Å². The first-order valence-corrected chi connectivity index (χ1v) is 20.3. The largest absolute Gasteiger partial charge is 0.501 e. The first-order chi connectivity index (χ1) is 25.5. The number of pyridine rings is 2. The maximum atomic E-state index is 8.48. The van der Waals surface area contributed by atoms with E-state index in [0.717, 1.165) is 78.3 Å². The number of aromatic nitrogens is 4. The van der Waals surface area contributed by atoms with Crippen LogP contribution >= 0.6 is 0 Å². The molecule has 0 bridgehead atoms. The molecule has 4 aromatic carbocycles. The molecule has 8 rings (SSSR count). The van der Waals surface area contributed by atoms with E-state index in [1.54, 1.807) is 12.1 Å². The van der Waals surface area contributed by atoms with E-state index in [2.05, 4.69) is 76.6 Å². The van der Waals surface area contributed by atoms with Crippen LogP contribution in [0, 0.1) is 32.8 Å². The second-order valence-corrected chi connectivity index (χ2v) is 19.0. The number of nitrogens with zero attached hydrogens (tertiary/aromatic N) is 4. The molecule has 4 aromatic heterocycles. The van der Waals surface area contributed by atoms with Gasteiger partial charge < -0.3 is 14.0 Å². The molecule has 0 aliphatic rings. The molecule has 0 spiro atoms. The van der Waals surface area contributed by atoms with Crippen molar-refractivity contribution in [1.29, 1.82) is 0 Å². The summed E-state index contributed by atoms with van der Waals surface area (Å²) < 4.78 is 39.2. The zero-order valence-corrected chi connectivity index (χ0v) is 33.2. The van der Waals surface area contributed by atoms with Crippen molar-refractivity contribution in [3.05, 3.63) is 138 Å². The van der Waals surface area contributed by atoms with Crippen LogP contribution in [0.2, 0.25) is 19.6 Å². The molecule has 0 amide bonds. The van der Waals surface area contributed by atoms with E-state index in [9.17, 15) is 0 Å². The van der Waals surface area contributed by atoms with Gasteiger partial charge in [-0.1, -0.05) is 93.3 Å². The van der Waals surface area contributed by atoms with E-state index >= 15 is 0 Å². The van der Waals surface area contributed by atoms with Crippen LogP contribution in [0.25, 0.3) is 61.3 Å². The summed E-state index contributed by atoms with van der Waals surface area (Å²) >= 11 is 0. The summed E-state index contributed by atoms with van der Waals surface area (Å²) in [4.78, 5) is 14.1. The summed E-state index contributed by atoms with van der Waals surface area (Å²) in [6, 6.07) is 37.7. The number of para-hydroxylation sites is 3. The van der Waals surface area contributed by atoms with E-state index in [4.69, 9.17) is 14.9 Å². The molecule has 7 heteroatoms. The van der Waals surface area contributed by atoms with Crippen molar-refractivity contribution in [2.45, 2.75) is 60.1 Å². The fourth-order valence-electron chi connectivity index (χ4n) is 6.45. The van der Waals surface area contributed by atoms with Crippen molar-refractivity contribution in [2.24, 2.45) is 0 Å². The third-order valence-corrected chi connectivity index (χ3v) is 10.8. The van der Waals surface area contributed by atoms with Crippen LogP contribution in [-0.2, 0) is 20.1 Å². The number of rotatable bonds is 5. The van der Waals surface area contributed by atoms with E-state index in [-0.39, 0.29) is 25.7 Å². The number of imidazole rings is 1. The summed E-state index contributed by atoms with van der Waals surface area (Å²) in [6.45, 7) is 12.4. The number of furan rings is 1. The fourth-order valence-corrected chi connectivity index (χ4v) is 8.03. The van der Waals surface area contributed by atoms with Crippen LogP contribution in [0.5, 0.6) is 0 Å². The van der Waals surface area contributed by atoms with E-state index in [1.807, 2.05) is 82.4 Å². The van der Waals surface area contributed by atoms with Gasteiger partial charge in [0.2, 0.25) is 0 Å². The van der Waals surface area contributed by atoms with Crippen molar-refractivity contribution in [2.75, 3.05) is 0 Å². The summed E-state index contributed by atoms with van der Waals surface area (Å²) in [5, 5.41) is 3.35. The maximum absolute atomic E-state index is 8.48. The summed E-state index contributed by atoms with van der Waals surface area (Å²) in [6.07, 6.45) is 1.89. The van der Waals surface area contributed by atoms with Crippen LogP contribution in [-0.4, -0.2) is 27.6 Å². The fraction of sp³-hybridized carbons (Fsp3) is 0.205. The SMILES string of the molecule is Cc1cc(-n2c(-c3[c-]ccc4c3oc3ccccc34)nc3ccccc32)cc(C)n1.[2H]C([2H])([2H])c1c[c-]c(-c2cc(C([2H])(C)C)c([Si](C)(C)C)cn2)cc1.[Ir]. The third-order valence-electron chi connectivity index (χ3n) is 8.79. The normalized spacial score (nSPS) is 13.2. The van der Waals surface area contributed by atoms with Gasteiger partial charge in [0.05, 0.1) is 30.5 Å². The van der Waals surface area contributed by atoms with Crippen molar-refractivity contribution in [1.82, 2.24) is 19.5 Å². The van der Waals surface area contributed by atoms with Gasteiger partial charge in [-0.05, 0) is 61.0 Å². The van der Waals surface area contributed by atoms with Crippen LogP contribution < -0.4 is 5.19 Å². The minimum Gasteiger partial charge on any atom is -0.501 e. The average Bonchev–Trinajstić information content (AvgIpc) is 3.69. The van der Waals surface area contributed by atoms with Gasteiger partial charge in [0.1, 0.15) is 5.58 Å². The Morgan fingerprint density at radius 2 is 1.61 bits per heavy atom. The molecule has 259 valence electrons. The molecule has 0 saturated carbocycles. The Morgan fingerprint density at radius 1 is 0.863 bits per heavy atom. The Balaban J connectivity index is 0.000000189. The van der Waals surface area contributed by atoms with Gasteiger partial charge in [-0.25, -0.2) is 0 Å². The topological polar surface area (TPSA) is 56.7 Å². The summed E-state index contributed by atoms with van der Waals surface area (Å²) in [5.41, 5.74) is 10.2. The average molecular weight is 867 g/mol. The molecule has 0 N–H and O–H groups in total. The maximum Gasteiger partial charge on any atom is 0.120 e. The standard InChI is InChI=1S/C26H18N3O.C18H24NSi.Ir/c1-16-14-18(15-17(2)27-16)29-23-12-5-4-11-22(23)28-26(29)21-10-7-9-20-19-8-3-6-13-24(19)30-25(20)21;1-13(2)16-11-17(15-9-7-14(3)8-10-15)19-12-18(16)20(4,5)6;/h3-9,11-15H,1-2H3;7-9,11-13H,1-6H3;/q2*-1;/i;3D3,13D;. The van der Waals surface area contributed by atoms with Crippen molar-refractivity contribution < 1.29 is 30.0 Å². The Hall–Kier alpha value is -4.68. The predicted molar refractivity (Wildman–Crippen MR) is 210 cm³/mol. The third kappa shape index (κ3) is 7.25. The van der Waals surface area contributed by atoms with E-state index in [1.165, 1.54) is 11.3 Å². The predicted octanol–water partition coefficient (Wildman–Crippen LogP) is 10.9. The number of hydrogen-bond donors (Lipinski definition) is 0. The molecular weight excluding hydrogens is 821 g/mol. The molecular formula is C44H42IrN4OSi-2. The first kappa shape index (κ1) is 31.1. The van der Waals surface area contributed by atoms with Gasteiger partial charge in [-0.3, -0.25) is 9.97 Å². The van der Waals surface area contributed by atoms with Crippen LogP contribution in [0.1, 0.15) is 47.7 Å². The molecule has 0 unspecified atom stereocenters. The monoisotopic (exact) mass is 867 g/mol. The summed E-state index contributed by atoms with van der Waals surface area (Å²) in [7, 11) is -1.61. The zero-order chi connectivity index (χ0) is 38.6. The molecule has 0 aliphatic carbocycles. The molecule has 0 saturated heterocycles. The van der Waals surface area contributed by atoms with Crippen LogP contribution in [0.15, 0.2) is 108 Å². The molecule has 51 heavy (non-hydrogen) atoms. The zero-order valence-electron chi connectivity index (χ0n) is 33.8. The van der Waals surface area contributed by atoms with Gasteiger partial charge in [0, 0.05) is 54.2 Å². The Morgan fingerprint density at radius 3 is 2.31 bits per heavy atom. The van der Waals surface area contributed by atoms with Crippen LogP contribution in [0.4, 0.5) is 0 Å². The van der Waals surface area contributed by atoms with Gasteiger partial charge in [-0.15, -0.1) is 53.6 Å². The second-order valence-electron chi connectivity index (χ2n) is 13.9. The van der Waals surface area contributed by atoms with Gasteiger partial charge in [-0.2, -0.15) is 0 Å². The van der Waals surface area contributed by atoms with Crippen molar-refractivity contribution in [3.8, 4) is 28.3 Å². The minimum absolute atomic E-state index is 0. The quantitative estimate of drug-likeness (QED) is 0.128. The molecule has 1 radical (unpaired) electrons. The van der Waals surface area contributed by atoms with Gasteiger partial charge in [0.25, 0.3) is 0 Å². The van der Waals surface area contributed by atoms with Crippen molar-refractivity contribution in [3.63, 3.8) is 0 Å². The second kappa shape index (κ2) is 14.5. The number of benzene rings is 4. The minimum atomic E-state index is -2.13. The summed E-state index contributed by atoms with van der Waals surface area (Å²) in [5.74, 6) is 0.0946. The molecule has 0 aliphatic heterocycles. The molecule has 0 fully saturated rings. The van der Waals surface area contributed by atoms with E-state index < -0.39 is 20.8 Å². The molecule has 8 aromatic rings. The molecule has 5 nitrogen and oxygen atoms in total. The number of aryl methyl sites for hydroxylation is 3. The smallest absolute Gasteiger partial charge is 0.120 e. The molecule has 0 atom stereocenters. The Labute approximate surface area is 320 Å². The Bertz CT molecular complexity index is 2630. The Kier molecular flexibility index (Phi) is 8.84. The van der Waals surface area contributed by atoms with Crippen LogP contribution in [0.3, 0.4) is 0 Å². The number of fused-ring (bicyclic) bond motifs is 4. The number of hydrogen-bond acceptors (Lipinski definition) is 4. The van der Waals surface area contributed by atoms with Gasteiger partial charge >= 0.3 is 0 Å². The van der Waals surface area contributed by atoms with Crippen molar-refractivity contribution >= 4 is 46.2 Å². The first-order valence-electron chi connectivity index (χ1n) is 18.8. The molecule has 4 heterocycles.